The third-order valence-corrected chi connectivity index (χ3v) is 2.89. The zero-order chi connectivity index (χ0) is 11.4. The van der Waals surface area contributed by atoms with Gasteiger partial charge < -0.3 is 10.5 Å². The highest BCUT2D eigenvalue weighted by molar-refractivity contribution is 5.28. The van der Waals surface area contributed by atoms with E-state index in [0.29, 0.717) is 11.9 Å². The van der Waals surface area contributed by atoms with E-state index in [9.17, 15) is 0 Å². The van der Waals surface area contributed by atoms with Gasteiger partial charge in [-0.15, -0.1) is 0 Å². The number of ether oxygens (including phenoxy) is 1. The fraction of sp³-hybridized carbons (Fsp3) is 0.583. The van der Waals surface area contributed by atoms with Crippen LogP contribution in [0.1, 0.15) is 19.0 Å². The van der Waals surface area contributed by atoms with E-state index in [-0.39, 0.29) is 0 Å². The lowest BCUT2D eigenvalue weighted by molar-refractivity contribution is -0.0328. The second-order valence-electron chi connectivity index (χ2n) is 4.19. The summed E-state index contributed by atoms with van der Waals surface area (Å²) in [6.07, 6.45) is 1.44. The van der Waals surface area contributed by atoms with Crippen molar-refractivity contribution in [3.05, 3.63) is 23.9 Å². The number of pyridine rings is 1. The van der Waals surface area contributed by atoms with Gasteiger partial charge in [0.15, 0.2) is 0 Å². The summed E-state index contributed by atoms with van der Waals surface area (Å²) in [6, 6.07) is 5.79. The zero-order valence-corrected chi connectivity index (χ0v) is 9.72. The van der Waals surface area contributed by atoms with Crippen LogP contribution >= 0.6 is 0 Å². The number of hydrogen-bond acceptors (Lipinski definition) is 4. The van der Waals surface area contributed by atoms with Crippen LogP contribution in [-0.2, 0) is 11.3 Å². The van der Waals surface area contributed by atoms with Gasteiger partial charge in [0.2, 0.25) is 0 Å². The maximum absolute atomic E-state index is 5.66. The molecule has 4 nitrogen and oxygen atoms in total. The predicted molar refractivity (Wildman–Crippen MR) is 64.0 cm³/mol. The molecule has 1 saturated heterocycles. The first kappa shape index (κ1) is 11.4. The van der Waals surface area contributed by atoms with E-state index in [1.54, 1.807) is 0 Å². The third kappa shape index (κ3) is 2.93. The van der Waals surface area contributed by atoms with Crippen molar-refractivity contribution in [1.29, 1.82) is 0 Å². The van der Waals surface area contributed by atoms with Crippen LogP contribution in [0.4, 0.5) is 5.82 Å². The molecule has 0 amide bonds. The van der Waals surface area contributed by atoms with E-state index >= 15 is 0 Å². The molecule has 1 aromatic rings. The summed E-state index contributed by atoms with van der Waals surface area (Å²) in [6.45, 7) is 5.82. The van der Waals surface area contributed by atoms with E-state index in [1.165, 1.54) is 0 Å². The summed E-state index contributed by atoms with van der Waals surface area (Å²) in [7, 11) is 0. The quantitative estimate of drug-likeness (QED) is 0.835. The molecule has 1 aromatic heterocycles. The first-order chi connectivity index (χ1) is 7.78. The van der Waals surface area contributed by atoms with Crippen LogP contribution < -0.4 is 5.73 Å². The van der Waals surface area contributed by atoms with Crippen LogP contribution in [0.15, 0.2) is 18.2 Å². The van der Waals surface area contributed by atoms with E-state index in [2.05, 4.69) is 16.8 Å². The summed E-state index contributed by atoms with van der Waals surface area (Å²) in [5.74, 6) is 0.595. The van der Waals surface area contributed by atoms with Crippen LogP contribution in [0.25, 0.3) is 0 Å². The highest BCUT2D eigenvalue weighted by atomic mass is 16.5. The Bertz CT molecular complexity index is 343. The predicted octanol–water partition coefficient (Wildman–Crippen LogP) is 1.27. The van der Waals surface area contributed by atoms with Gasteiger partial charge in [0, 0.05) is 19.6 Å². The molecule has 1 aliphatic heterocycles. The minimum absolute atomic E-state index is 0.370. The van der Waals surface area contributed by atoms with E-state index < -0.39 is 0 Å². The number of rotatable bonds is 3. The van der Waals surface area contributed by atoms with E-state index in [0.717, 1.165) is 38.4 Å². The summed E-state index contributed by atoms with van der Waals surface area (Å²) in [4.78, 5) is 6.69. The zero-order valence-electron chi connectivity index (χ0n) is 9.72. The number of hydrogen-bond donors (Lipinski definition) is 1. The second-order valence-corrected chi connectivity index (χ2v) is 4.19. The molecule has 0 radical (unpaired) electrons. The molecule has 88 valence electrons. The average molecular weight is 221 g/mol. The maximum atomic E-state index is 5.66. The smallest absolute Gasteiger partial charge is 0.123 e. The van der Waals surface area contributed by atoms with Crippen molar-refractivity contribution in [3.8, 4) is 0 Å². The van der Waals surface area contributed by atoms with Gasteiger partial charge in [-0.25, -0.2) is 4.98 Å². The SMILES string of the molecule is CCC1CN(Cc2cccc(N)n2)CCO1. The molecule has 0 bridgehead atoms. The number of nitrogens with zero attached hydrogens (tertiary/aromatic N) is 2. The Kier molecular flexibility index (Phi) is 3.74. The first-order valence-electron chi connectivity index (χ1n) is 5.83. The van der Waals surface area contributed by atoms with Crippen LogP contribution in [-0.4, -0.2) is 35.7 Å². The molecule has 2 rings (SSSR count). The van der Waals surface area contributed by atoms with E-state index in [4.69, 9.17) is 10.5 Å². The standard InChI is InChI=1S/C12H19N3O/c1-2-11-9-15(6-7-16-11)8-10-4-3-5-12(13)14-10/h3-5,11H,2,6-9H2,1H3,(H2,13,14). The van der Waals surface area contributed by atoms with E-state index in [1.807, 2.05) is 18.2 Å². The summed E-state index contributed by atoms with van der Waals surface area (Å²) >= 11 is 0. The molecule has 1 unspecified atom stereocenters. The largest absolute Gasteiger partial charge is 0.384 e. The first-order valence-corrected chi connectivity index (χ1v) is 5.83. The Morgan fingerprint density at radius 2 is 2.44 bits per heavy atom. The molecule has 0 spiro atoms. The Labute approximate surface area is 96.4 Å². The molecular formula is C12H19N3O. The Morgan fingerprint density at radius 1 is 1.56 bits per heavy atom. The highest BCUT2D eigenvalue weighted by Crippen LogP contribution is 2.11. The highest BCUT2D eigenvalue weighted by Gasteiger charge is 2.19. The number of nitrogens with two attached hydrogens (primary N) is 1. The third-order valence-electron chi connectivity index (χ3n) is 2.89. The Morgan fingerprint density at radius 3 is 3.19 bits per heavy atom. The van der Waals surface area contributed by atoms with Gasteiger partial charge in [-0.3, -0.25) is 4.90 Å². The molecule has 1 aliphatic rings. The number of morpholine rings is 1. The summed E-state index contributed by atoms with van der Waals surface area (Å²) < 4.78 is 5.63. The molecule has 2 heterocycles. The van der Waals surface area contributed by atoms with Crippen molar-refractivity contribution in [3.63, 3.8) is 0 Å². The summed E-state index contributed by atoms with van der Waals surface area (Å²) in [5.41, 5.74) is 6.70. The molecule has 4 heteroatoms. The fourth-order valence-corrected chi connectivity index (χ4v) is 1.99. The van der Waals surface area contributed by atoms with Crippen molar-refractivity contribution in [1.82, 2.24) is 9.88 Å². The average Bonchev–Trinajstić information content (AvgIpc) is 2.29. The summed E-state index contributed by atoms with van der Waals surface area (Å²) in [5, 5.41) is 0. The minimum atomic E-state index is 0.370. The van der Waals surface area contributed by atoms with Crippen molar-refractivity contribution >= 4 is 5.82 Å². The van der Waals surface area contributed by atoms with Crippen LogP contribution in [0.2, 0.25) is 0 Å². The van der Waals surface area contributed by atoms with Crippen molar-refractivity contribution < 1.29 is 4.74 Å². The lowest BCUT2D eigenvalue weighted by Crippen LogP contribution is -2.41. The monoisotopic (exact) mass is 221 g/mol. The topological polar surface area (TPSA) is 51.4 Å². The number of aromatic nitrogens is 1. The van der Waals surface area contributed by atoms with Crippen LogP contribution in [0, 0.1) is 0 Å². The Balaban J connectivity index is 1.94. The minimum Gasteiger partial charge on any atom is -0.384 e. The molecule has 1 atom stereocenters. The van der Waals surface area contributed by atoms with Gasteiger partial charge in [-0.2, -0.15) is 0 Å². The van der Waals surface area contributed by atoms with Crippen LogP contribution in [0.5, 0.6) is 0 Å². The lowest BCUT2D eigenvalue weighted by Gasteiger charge is -2.32. The molecule has 0 saturated carbocycles. The van der Waals surface area contributed by atoms with Gasteiger partial charge in [0.05, 0.1) is 18.4 Å². The number of anilines is 1. The van der Waals surface area contributed by atoms with Gasteiger partial charge in [-0.05, 0) is 18.6 Å². The molecule has 1 fully saturated rings. The fourth-order valence-electron chi connectivity index (χ4n) is 1.99. The van der Waals surface area contributed by atoms with Crippen LogP contribution in [0.3, 0.4) is 0 Å². The lowest BCUT2D eigenvalue weighted by atomic mass is 10.2. The molecule has 16 heavy (non-hydrogen) atoms. The molecule has 2 N–H and O–H groups in total. The van der Waals surface area contributed by atoms with Crippen molar-refractivity contribution in [2.45, 2.75) is 26.0 Å². The van der Waals surface area contributed by atoms with Gasteiger partial charge >= 0.3 is 0 Å². The molecular weight excluding hydrogens is 202 g/mol. The maximum Gasteiger partial charge on any atom is 0.123 e. The second kappa shape index (κ2) is 5.27. The Hall–Kier alpha value is -1.13. The molecule has 0 aromatic carbocycles. The molecule has 0 aliphatic carbocycles. The van der Waals surface area contributed by atoms with Crippen molar-refractivity contribution in [2.24, 2.45) is 0 Å². The van der Waals surface area contributed by atoms with Gasteiger partial charge in [-0.1, -0.05) is 13.0 Å². The van der Waals surface area contributed by atoms with Gasteiger partial charge in [0.1, 0.15) is 5.82 Å². The van der Waals surface area contributed by atoms with Gasteiger partial charge in [0.25, 0.3) is 0 Å². The normalized spacial score (nSPS) is 22.2. The van der Waals surface area contributed by atoms with Crippen molar-refractivity contribution in [2.75, 3.05) is 25.4 Å². The number of nitrogen functional groups attached to an aromatic ring is 1.